The van der Waals surface area contributed by atoms with E-state index in [0.29, 0.717) is 0 Å². The zero-order valence-corrected chi connectivity index (χ0v) is 24.4. The molecule has 1 atom stereocenters. The van der Waals surface area contributed by atoms with Gasteiger partial charge in [0.2, 0.25) is 10.4 Å². The van der Waals surface area contributed by atoms with Crippen molar-refractivity contribution in [1.29, 1.82) is 0 Å². The van der Waals surface area contributed by atoms with Crippen LogP contribution in [0.2, 0.25) is 0 Å². The summed E-state index contributed by atoms with van der Waals surface area (Å²) >= 11 is 0. The van der Waals surface area contributed by atoms with E-state index < -0.39 is 10.4 Å². The second-order valence-corrected chi connectivity index (χ2v) is 10.2. The van der Waals surface area contributed by atoms with Crippen LogP contribution in [-0.4, -0.2) is 19.6 Å². The van der Waals surface area contributed by atoms with E-state index in [4.69, 9.17) is 0 Å². The summed E-state index contributed by atoms with van der Waals surface area (Å²) in [5.41, 5.74) is 0. The molecular formula is C26H51NaO4S. The molecule has 1 unspecified atom stereocenters. The van der Waals surface area contributed by atoms with Gasteiger partial charge in [0.1, 0.15) is 0 Å². The van der Waals surface area contributed by atoms with Crippen LogP contribution in [0.5, 0.6) is 0 Å². The van der Waals surface area contributed by atoms with E-state index in [-0.39, 0.29) is 42.1 Å². The van der Waals surface area contributed by atoms with Gasteiger partial charge in [-0.1, -0.05) is 135 Å². The molecule has 0 aromatic carbocycles. The predicted octanol–water partition coefficient (Wildman–Crippen LogP) is 5.48. The molecule has 0 rings (SSSR count). The van der Waals surface area contributed by atoms with Crippen LogP contribution >= 0.6 is 0 Å². The first-order valence-corrected chi connectivity index (χ1v) is 14.6. The van der Waals surface area contributed by atoms with E-state index in [9.17, 15) is 13.0 Å². The van der Waals surface area contributed by atoms with Gasteiger partial charge < -0.3 is 4.55 Å². The first-order chi connectivity index (χ1) is 15.0. The van der Waals surface area contributed by atoms with Crippen molar-refractivity contribution in [3.8, 4) is 0 Å². The molecule has 0 bridgehead atoms. The fraction of sp³-hybridized carbons (Fsp3) is 0.923. The molecule has 0 heterocycles. The van der Waals surface area contributed by atoms with Crippen LogP contribution in [0.3, 0.4) is 0 Å². The summed E-state index contributed by atoms with van der Waals surface area (Å²) in [6.45, 7) is 4.45. The van der Waals surface area contributed by atoms with Crippen LogP contribution in [0.4, 0.5) is 0 Å². The molecule has 186 valence electrons. The molecule has 0 aliphatic carbocycles. The van der Waals surface area contributed by atoms with Crippen molar-refractivity contribution in [2.45, 2.75) is 142 Å². The molecule has 0 amide bonds. The van der Waals surface area contributed by atoms with Crippen LogP contribution in [0.25, 0.3) is 0 Å². The molecule has 0 fully saturated rings. The molecule has 0 aliphatic rings. The van der Waals surface area contributed by atoms with Crippen molar-refractivity contribution in [2.75, 3.05) is 6.61 Å². The maximum atomic E-state index is 10.8. The summed E-state index contributed by atoms with van der Waals surface area (Å²) in [5.74, 6) is 0.0206. The van der Waals surface area contributed by atoms with Gasteiger partial charge in [-0.2, -0.15) is 0 Å². The van der Waals surface area contributed by atoms with Crippen LogP contribution in [0.15, 0.2) is 12.2 Å². The summed E-state index contributed by atoms with van der Waals surface area (Å²) in [7, 11) is -4.60. The minimum Gasteiger partial charge on any atom is -0.726 e. The smallest absolute Gasteiger partial charge is 0.726 e. The third kappa shape index (κ3) is 28.6. The topological polar surface area (TPSA) is 66.4 Å². The number of hydrogen-bond donors (Lipinski definition) is 0. The normalized spacial score (nSPS) is 12.8. The number of unbranched alkanes of at least 4 members (excludes halogenated alkanes) is 17. The van der Waals surface area contributed by atoms with Crippen molar-refractivity contribution in [3.05, 3.63) is 12.2 Å². The Balaban J connectivity index is 0. The van der Waals surface area contributed by atoms with Gasteiger partial charge in [0.25, 0.3) is 0 Å². The third-order valence-electron chi connectivity index (χ3n) is 5.99. The van der Waals surface area contributed by atoms with E-state index in [1.165, 1.54) is 103 Å². The van der Waals surface area contributed by atoms with Crippen LogP contribution in [-0.2, 0) is 14.6 Å². The molecular weight excluding hydrogens is 431 g/mol. The summed E-state index contributed by atoms with van der Waals surface area (Å²) in [6, 6.07) is 0. The van der Waals surface area contributed by atoms with Gasteiger partial charge in [-0.25, -0.2) is 8.42 Å². The van der Waals surface area contributed by atoms with Crippen molar-refractivity contribution in [1.82, 2.24) is 0 Å². The molecule has 0 saturated carbocycles. The number of hydrogen-bond acceptors (Lipinski definition) is 4. The van der Waals surface area contributed by atoms with Crippen molar-refractivity contribution in [3.63, 3.8) is 0 Å². The van der Waals surface area contributed by atoms with Crippen LogP contribution in [0, 0.1) is 5.92 Å². The van der Waals surface area contributed by atoms with Crippen LogP contribution in [0.1, 0.15) is 142 Å². The number of allylic oxidation sites excluding steroid dienone is 1. The largest absolute Gasteiger partial charge is 1.00 e. The molecule has 0 spiro atoms. The van der Waals surface area contributed by atoms with Crippen molar-refractivity contribution in [2.24, 2.45) is 5.92 Å². The Hall–Kier alpha value is 0.610. The fourth-order valence-corrected chi connectivity index (χ4v) is 4.33. The molecule has 0 aromatic heterocycles. The Labute approximate surface area is 223 Å². The summed E-state index contributed by atoms with van der Waals surface area (Å²) in [5, 5.41) is 0. The standard InChI is InChI=1S/C26H52O4S.Na/c1-3-5-7-9-11-12-13-14-15-16-17-18-20-22-24-26(25-30-31(27,28)29)23-21-19-10-8-6-4-2;/h21,23,26H,3-20,22,24-25H2,1-2H3,(H,27,28,29);/q;+1/p-1/b23-21+;. The molecule has 0 saturated heterocycles. The summed E-state index contributed by atoms with van der Waals surface area (Å²) < 4.78 is 36.9. The summed E-state index contributed by atoms with van der Waals surface area (Å²) in [6.07, 6.45) is 29.5. The van der Waals surface area contributed by atoms with Gasteiger partial charge >= 0.3 is 29.6 Å². The average Bonchev–Trinajstić information content (AvgIpc) is 2.73. The Kier molecular flexibility index (Phi) is 28.5. The van der Waals surface area contributed by atoms with Gasteiger partial charge in [-0.15, -0.1) is 0 Å². The molecule has 0 radical (unpaired) electrons. The Morgan fingerprint density at radius 1 is 0.688 bits per heavy atom. The quantitative estimate of drug-likeness (QED) is 0.0600. The van der Waals surface area contributed by atoms with Crippen molar-refractivity contribution >= 4 is 10.4 Å². The van der Waals surface area contributed by atoms with E-state index >= 15 is 0 Å². The van der Waals surface area contributed by atoms with Gasteiger partial charge in [-0.3, -0.25) is 4.18 Å². The molecule has 0 N–H and O–H groups in total. The Morgan fingerprint density at radius 2 is 1.09 bits per heavy atom. The maximum Gasteiger partial charge on any atom is 1.00 e. The van der Waals surface area contributed by atoms with E-state index in [1.54, 1.807) is 0 Å². The first kappa shape index (κ1) is 34.8. The Morgan fingerprint density at radius 3 is 1.53 bits per heavy atom. The summed E-state index contributed by atoms with van der Waals surface area (Å²) in [4.78, 5) is 0. The minimum absolute atomic E-state index is 0. The SMILES string of the molecule is CCCCCC/C=C/C(CCCCCCCCCCCCCCCC)COS(=O)(=O)[O-].[Na+]. The zero-order valence-electron chi connectivity index (χ0n) is 21.6. The first-order valence-electron chi connectivity index (χ1n) is 13.3. The van der Waals surface area contributed by atoms with Gasteiger partial charge in [0.15, 0.2) is 0 Å². The zero-order chi connectivity index (χ0) is 23.0. The van der Waals surface area contributed by atoms with Crippen LogP contribution < -0.4 is 29.6 Å². The van der Waals surface area contributed by atoms with Gasteiger partial charge in [0, 0.05) is 5.92 Å². The Bertz CT molecular complexity index is 494. The second-order valence-electron chi connectivity index (χ2n) is 9.12. The molecule has 32 heavy (non-hydrogen) atoms. The molecule has 4 nitrogen and oxygen atoms in total. The van der Waals surface area contributed by atoms with E-state index in [1.807, 2.05) is 0 Å². The van der Waals surface area contributed by atoms with E-state index in [2.05, 4.69) is 30.2 Å². The second kappa shape index (κ2) is 26.2. The van der Waals surface area contributed by atoms with E-state index in [0.717, 1.165) is 25.7 Å². The molecule has 0 aliphatic heterocycles. The van der Waals surface area contributed by atoms with Gasteiger partial charge in [0.05, 0.1) is 6.61 Å². The fourth-order valence-electron chi connectivity index (χ4n) is 3.98. The average molecular weight is 483 g/mol. The van der Waals surface area contributed by atoms with Crippen molar-refractivity contribution < 1.29 is 46.7 Å². The monoisotopic (exact) mass is 482 g/mol. The predicted molar refractivity (Wildman–Crippen MR) is 132 cm³/mol. The number of rotatable bonds is 24. The molecule has 0 aromatic rings. The molecule has 6 heteroatoms. The minimum atomic E-state index is -4.60. The third-order valence-corrected chi connectivity index (χ3v) is 6.41. The maximum absolute atomic E-state index is 10.8. The van der Waals surface area contributed by atoms with Gasteiger partial charge in [-0.05, 0) is 19.3 Å².